The van der Waals surface area contributed by atoms with E-state index in [2.05, 4.69) is 20.6 Å². The van der Waals surface area contributed by atoms with Gasteiger partial charge in [0.1, 0.15) is 17.9 Å². The molecule has 0 bridgehead atoms. The van der Waals surface area contributed by atoms with Gasteiger partial charge in [0.2, 0.25) is 5.95 Å². The van der Waals surface area contributed by atoms with Crippen molar-refractivity contribution in [2.45, 2.75) is 31.2 Å². The van der Waals surface area contributed by atoms with Gasteiger partial charge >= 0.3 is 0 Å². The Hall–Kier alpha value is -3.23. The van der Waals surface area contributed by atoms with Gasteiger partial charge < -0.3 is 24.5 Å². The number of anilines is 1. The Kier molecular flexibility index (Phi) is 4.94. The van der Waals surface area contributed by atoms with E-state index in [-0.39, 0.29) is 30.2 Å². The zero-order chi connectivity index (χ0) is 20.5. The minimum Gasteiger partial charge on any atom is -0.463 e. The lowest BCUT2D eigenvalue weighted by atomic mass is 10.1. The fourth-order valence-electron chi connectivity index (χ4n) is 3.86. The van der Waals surface area contributed by atoms with Crippen LogP contribution < -0.4 is 10.6 Å². The number of aromatic nitrogens is 2. The average Bonchev–Trinajstić information content (AvgIpc) is 3.49. The van der Waals surface area contributed by atoms with Gasteiger partial charge in [-0.1, -0.05) is 17.7 Å². The molecule has 2 N–H and O–H groups in total. The summed E-state index contributed by atoms with van der Waals surface area (Å²) in [6.45, 7) is 2.84. The number of hydrogen-bond donors (Lipinski definition) is 2. The Bertz CT molecular complexity index is 1020. The minimum absolute atomic E-state index is 0.108. The highest BCUT2D eigenvalue weighted by Crippen LogP contribution is 2.29. The lowest BCUT2D eigenvalue weighted by Crippen LogP contribution is -2.44. The molecule has 2 saturated heterocycles. The number of carbonyl (C=O) groups is 1. The highest BCUT2D eigenvalue weighted by atomic mass is 16.6. The van der Waals surface area contributed by atoms with Crippen LogP contribution >= 0.6 is 0 Å². The third-order valence-corrected chi connectivity index (χ3v) is 5.43. The normalized spacial score (nSPS) is 25.1. The highest BCUT2D eigenvalue weighted by Gasteiger charge is 2.48. The molecule has 5 rings (SSSR count). The molecule has 0 saturated carbocycles. The van der Waals surface area contributed by atoms with E-state index in [4.69, 9.17) is 13.9 Å². The van der Waals surface area contributed by atoms with Crippen molar-refractivity contribution in [3.05, 3.63) is 66.1 Å². The van der Waals surface area contributed by atoms with E-state index >= 15 is 0 Å². The predicted octanol–water partition coefficient (Wildman–Crippen LogP) is 2.42. The summed E-state index contributed by atoms with van der Waals surface area (Å²) in [5.41, 5.74) is 2.44. The monoisotopic (exact) mass is 406 g/mol. The number of nitrogens with zero attached hydrogens (tertiary/aromatic N) is 2. The van der Waals surface area contributed by atoms with Crippen LogP contribution in [0.3, 0.4) is 0 Å². The number of amides is 1. The SMILES string of the molecule is Cc1ccc(C(=O)N[C@H]2CO[C@H]3[C@@H]2OC[C@@H]3Nc2nccc(-c3ccco3)n2)cc1. The van der Waals surface area contributed by atoms with E-state index in [1.807, 2.05) is 43.3 Å². The molecule has 0 aliphatic carbocycles. The van der Waals surface area contributed by atoms with E-state index in [1.54, 1.807) is 18.5 Å². The summed E-state index contributed by atoms with van der Waals surface area (Å²) in [4.78, 5) is 21.4. The quantitative estimate of drug-likeness (QED) is 0.671. The first-order valence-corrected chi connectivity index (χ1v) is 9.91. The zero-order valence-corrected chi connectivity index (χ0v) is 16.4. The van der Waals surface area contributed by atoms with Gasteiger partial charge in [0.25, 0.3) is 5.91 Å². The number of carbonyl (C=O) groups excluding carboxylic acids is 1. The van der Waals surface area contributed by atoms with Gasteiger partial charge in [-0.3, -0.25) is 4.79 Å². The number of rotatable bonds is 5. The number of benzene rings is 1. The van der Waals surface area contributed by atoms with E-state index < -0.39 is 0 Å². The predicted molar refractivity (Wildman–Crippen MR) is 109 cm³/mol. The average molecular weight is 406 g/mol. The Morgan fingerprint density at radius 2 is 1.80 bits per heavy atom. The maximum atomic E-state index is 12.6. The molecule has 154 valence electrons. The number of aryl methyl sites for hydroxylation is 1. The van der Waals surface area contributed by atoms with Gasteiger partial charge in [-0.05, 0) is 37.3 Å². The van der Waals surface area contributed by atoms with E-state index in [9.17, 15) is 4.79 Å². The fraction of sp³-hybridized carbons (Fsp3) is 0.318. The van der Waals surface area contributed by atoms with Gasteiger partial charge in [-0.25, -0.2) is 9.97 Å². The number of ether oxygens (including phenoxy) is 2. The molecule has 1 amide bonds. The van der Waals surface area contributed by atoms with Crippen molar-refractivity contribution < 1.29 is 18.7 Å². The van der Waals surface area contributed by atoms with Crippen molar-refractivity contribution in [1.29, 1.82) is 0 Å². The third kappa shape index (κ3) is 3.67. The second kappa shape index (κ2) is 7.89. The lowest BCUT2D eigenvalue weighted by molar-refractivity contribution is 0.0652. The molecular formula is C22H22N4O4. The van der Waals surface area contributed by atoms with Crippen LogP contribution in [0.15, 0.2) is 59.3 Å². The summed E-state index contributed by atoms with van der Waals surface area (Å²) in [6, 6.07) is 12.6. The molecule has 0 spiro atoms. The Morgan fingerprint density at radius 1 is 1.03 bits per heavy atom. The van der Waals surface area contributed by atoms with Crippen molar-refractivity contribution in [1.82, 2.24) is 15.3 Å². The van der Waals surface area contributed by atoms with Gasteiger partial charge in [0, 0.05) is 11.8 Å². The molecule has 8 heteroatoms. The first kappa shape index (κ1) is 18.8. The topological polar surface area (TPSA) is 98.5 Å². The van der Waals surface area contributed by atoms with Crippen molar-refractivity contribution in [2.75, 3.05) is 18.5 Å². The third-order valence-electron chi connectivity index (χ3n) is 5.43. The van der Waals surface area contributed by atoms with Crippen molar-refractivity contribution in [2.24, 2.45) is 0 Å². The summed E-state index contributed by atoms with van der Waals surface area (Å²) in [5.74, 6) is 1.03. The smallest absolute Gasteiger partial charge is 0.251 e. The molecule has 3 aromatic rings. The van der Waals surface area contributed by atoms with Crippen LogP contribution in [0.5, 0.6) is 0 Å². The van der Waals surface area contributed by atoms with E-state index in [0.717, 1.165) is 5.56 Å². The first-order chi connectivity index (χ1) is 14.7. The second-order valence-electron chi connectivity index (χ2n) is 7.54. The molecule has 1 aromatic carbocycles. The van der Waals surface area contributed by atoms with Gasteiger partial charge in [-0.2, -0.15) is 0 Å². The summed E-state index contributed by atoms with van der Waals surface area (Å²) >= 11 is 0. The number of nitrogens with one attached hydrogen (secondary N) is 2. The minimum atomic E-state index is -0.217. The van der Waals surface area contributed by atoms with Gasteiger partial charge in [-0.15, -0.1) is 0 Å². The number of furan rings is 1. The maximum absolute atomic E-state index is 12.6. The summed E-state index contributed by atoms with van der Waals surface area (Å²) in [5, 5.41) is 6.34. The zero-order valence-electron chi connectivity index (χ0n) is 16.4. The highest BCUT2D eigenvalue weighted by molar-refractivity contribution is 5.94. The molecule has 0 unspecified atom stereocenters. The summed E-state index contributed by atoms with van der Waals surface area (Å²) in [6.07, 6.45) is 2.88. The largest absolute Gasteiger partial charge is 0.463 e. The number of fused-ring (bicyclic) bond motifs is 1. The maximum Gasteiger partial charge on any atom is 0.251 e. The second-order valence-corrected chi connectivity index (χ2v) is 7.54. The van der Waals surface area contributed by atoms with Crippen molar-refractivity contribution in [3.8, 4) is 11.5 Å². The summed E-state index contributed by atoms with van der Waals surface area (Å²) in [7, 11) is 0. The summed E-state index contributed by atoms with van der Waals surface area (Å²) < 4.78 is 17.3. The lowest BCUT2D eigenvalue weighted by Gasteiger charge is -2.18. The molecule has 30 heavy (non-hydrogen) atoms. The van der Waals surface area contributed by atoms with Crippen LogP contribution in [0.25, 0.3) is 11.5 Å². The van der Waals surface area contributed by atoms with Gasteiger partial charge in [0.15, 0.2) is 5.76 Å². The molecule has 2 fully saturated rings. The van der Waals surface area contributed by atoms with Crippen LogP contribution in [-0.4, -0.2) is 53.4 Å². The van der Waals surface area contributed by atoms with E-state index in [0.29, 0.717) is 36.2 Å². The molecule has 2 aliphatic heterocycles. The molecular weight excluding hydrogens is 384 g/mol. The number of hydrogen-bond acceptors (Lipinski definition) is 7. The van der Waals surface area contributed by atoms with Crippen LogP contribution in [0.2, 0.25) is 0 Å². The molecule has 8 nitrogen and oxygen atoms in total. The molecule has 4 atom stereocenters. The van der Waals surface area contributed by atoms with Crippen LogP contribution in [0.1, 0.15) is 15.9 Å². The van der Waals surface area contributed by atoms with Crippen LogP contribution in [-0.2, 0) is 9.47 Å². The Balaban J connectivity index is 1.23. The van der Waals surface area contributed by atoms with Crippen molar-refractivity contribution >= 4 is 11.9 Å². The fourth-order valence-corrected chi connectivity index (χ4v) is 3.86. The van der Waals surface area contributed by atoms with Crippen molar-refractivity contribution in [3.63, 3.8) is 0 Å². The van der Waals surface area contributed by atoms with E-state index in [1.165, 1.54) is 0 Å². The van der Waals surface area contributed by atoms with Gasteiger partial charge in [0.05, 0.1) is 31.6 Å². The molecule has 2 aliphatic rings. The Labute approximate surface area is 173 Å². The molecule has 0 radical (unpaired) electrons. The van der Waals surface area contributed by atoms with Crippen LogP contribution in [0, 0.1) is 6.92 Å². The Morgan fingerprint density at radius 3 is 2.57 bits per heavy atom. The van der Waals surface area contributed by atoms with Crippen LogP contribution in [0.4, 0.5) is 5.95 Å². The molecule has 4 heterocycles. The first-order valence-electron chi connectivity index (χ1n) is 9.91. The standard InChI is InChI=1S/C22H22N4O4/c1-13-4-6-14(7-5-13)21(27)24-16-11-29-20-17(12-30-19(16)20)26-22-23-9-8-15(25-22)18-3-2-10-28-18/h2-10,16-17,19-20H,11-12H2,1H3,(H,24,27)(H,23,25,26)/t16-,17-,19+,20+/m0/s1. The molecule has 2 aromatic heterocycles.